The van der Waals surface area contributed by atoms with Crippen molar-refractivity contribution in [2.45, 2.75) is 25.7 Å². The van der Waals surface area contributed by atoms with Crippen LogP contribution in [0.4, 0.5) is 0 Å². The molecule has 1 amide bonds. The number of amides is 1. The maximum absolute atomic E-state index is 11.1. The number of aromatic nitrogens is 2. The van der Waals surface area contributed by atoms with Gasteiger partial charge in [0.1, 0.15) is 0 Å². The first-order valence-corrected chi connectivity index (χ1v) is 5.46. The Morgan fingerprint density at radius 1 is 1.69 bits per heavy atom. The second-order valence-electron chi connectivity index (χ2n) is 3.92. The van der Waals surface area contributed by atoms with Crippen molar-refractivity contribution >= 4 is 5.91 Å². The molecule has 2 rings (SSSR count). The SMILES string of the molecule is CNC(=O)Cc1noc(CC2C=CCC2)n1. The molecule has 0 aliphatic heterocycles. The zero-order valence-electron chi connectivity index (χ0n) is 9.27. The molecule has 1 aromatic heterocycles. The van der Waals surface area contributed by atoms with Crippen molar-refractivity contribution in [3.8, 4) is 0 Å². The minimum Gasteiger partial charge on any atom is -0.359 e. The van der Waals surface area contributed by atoms with Gasteiger partial charge in [-0.15, -0.1) is 0 Å². The van der Waals surface area contributed by atoms with Gasteiger partial charge in [0.25, 0.3) is 0 Å². The van der Waals surface area contributed by atoms with Crippen LogP contribution in [0.25, 0.3) is 0 Å². The largest absolute Gasteiger partial charge is 0.359 e. The smallest absolute Gasteiger partial charge is 0.227 e. The maximum atomic E-state index is 11.1. The number of carbonyl (C=O) groups excluding carboxylic acids is 1. The fraction of sp³-hybridized carbons (Fsp3) is 0.545. The van der Waals surface area contributed by atoms with Gasteiger partial charge in [-0.3, -0.25) is 4.79 Å². The van der Waals surface area contributed by atoms with Crippen LogP contribution in [0.5, 0.6) is 0 Å². The Morgan fingerprint density at radius 2 is 2.56 bits per heavy atom. The second-order valence-corrected chi connectivity index (χ2v) is 3.92. The van der Waals surface area contributed by atoms with Crippen molar-refractivity contribution in [2.75, 3.05) is 7.05 Å². The topological polar surface area (TPSA) is 68.0 Å². The average Bonchev–Trinajstić information content (AvgIpc) is 2.91. The van der Waals surface area contributed by atoms with E-state index >= 15 is 0 Å². The predicted molar refractivity (Wildman–Crippen MR) is 57.6 cm³/mol. The highest BCUT2D eigenvalue weighted by Gasteiger charge is 2.15. The van der Waals surface area contributed by atoms with Gasteiger partial charge in [0, 0.05) is 13.5 Å². The average molecular weight is 221 g/mol. The van der Waals surface area contributed by atoms with Crippen molar-refractivity contribution in [3.63, 3.8) is 0 Å². The summed E-state index contributed by atoms with van der Waals surface area (Å²) in [7, 11) is 1.59. The van der Waals surface area contributed by atoms with E-state index in [9.17, 15) is 4.79 Å². The lowest BCUT2D eigenvalue weighted by molar-refractivity contribution is -0.120. The summed E-state index contributed by atoms with van der Waals surface area (Å²) in [6.45, 7) is 0. The lowest BCUT2D eigenvalue weighted by Gasteiger charge is -2.00. The zero-order chi connectivity index (χ0) is 11.4. The van der Waals surface area contributed by atoms with Gasteiger partial charge in [-0.1, -0.05) is 17.3 Å². The lowest BCUT2D eigenvalue weighted by atomic mass is 10.1. The van der Waals surface area contributed by atoms with E-state index in [2.05, 4.69) is 27.6 Å². The van der Waals surface area contributed by atoms with Crippen LogP contribution in [0.15, 0.2) is 16.7 Å². The highest BCUT2D eigenvalue weighted by Crippen LogP contribution is 2.20. The number of carbonyl (C=O) groups is 1. The minimum atomic E-state index is -0.104. The number of likely N-dealkylation sites (N-methyl/N-ethyl adjacent to an activating group) is 1. The van der Waals surface area contributed by atoms with E-state index < -0.39 is 0 Å². The van der Waals surface area contributed by atoms with Crippen LogP contribution >= 0.6 is 0 Å². The summed E-state index contributed by atoms with van der Waals surface area (Å²) < 4.78 is 5.10. The molecule has 86 valence electrons. The standard InChI is InChI=1S/C11H15N3O2/c1-12-10(15)7-9-13-11(16-14-9)6-8-4-2-3-5-8/h2,4,8H,3,5-7H2,1H3,(H,12,15). The summed E-state index contributed by atoms with van der Waals surface area (Å²) in [6, 6.07) is 0. The van der Waals surface area contributed by atoms with E-state index in [1.165, 1.54) is 0 Å². The van der Waals surface area contributed by atoms with Crippen molar-refractivity contribution in [3.05, 3.63) is 23.9 Å². The van der Waals surface area contributed by atoms with Crippen molar-refractivity contribution < 1.29 is 9.32 Å². The molecule has 0 saturated carbocycles. The van der Waals surface area contributed by atoms with Gasteiger partial charge in [0.2, 0.25) is 11.8 Å². The van der Waals surface area contributed by atoms with Crippen LogP contribution in [0, 0.1) is 5.92 Å². The minimum absolute atomic E-state index is 0.104. The van der Waals surface area contributed by atoms with Crippen LogP contribution in [0.1, 0.15) is 24.6 Å². The summed E-state index contributed by atoms with van der Waals surface area (Å²) in [5.41, 5.74) is 0. The Kier molecular flexibility index (Phi) is 3.34. The molecule has 0 spiro atoms. The van der Waals surface area contributed by atoms with Crippen molar-refractivity contribution in [2.24, 2.45) is 5.92 Å². The fourth-order valence-electron chi connectivity index (χ4n) is 1.77. The summed E-state index contributed by atoms with van der Waals surface area (Å²) in [4.78, 5) is 15.3. The van der Waals surface area contributed by atoms with Gasteiger partial charge in [0.15, 0.2) is 5.82 Å². The predicted octanol–water partition coefficient (Wildman–Crippen LogP) is 0.867. The third-order valence-corrected chi connectivity index (χ3v) is 2.66. The van der Waals surface area contributed by atoms with Gasteiger partial charge in [0.05, 0.1) is 6.42 Å². The molecule has 1 atom stereocenters. The van der Waals surface area contributed by atoms with Gasteiger partial charge < -0.3 is 9.84 Å². The monoisotopic (exact) mass is 221 g/mol. The molecule has 5 heteroatoms. The molecule has 1 aromatic rings. The van der Waals surface area contributed by atoms with Crippen molar-refractivity contribution in [1.82, 2.24) is 15.5 Å². The van der Waals surface area contributed by atoms with E-state index in [0.717, 1.165) is 19.3 Å². The molecule has 16 heavy (non-hydrogen) atoms. The zero-order valence-corrected chi connectivity index (χ0v) is 9.27. The highest BCUT2D eigenvalue weighted by atomic mass is 16.5. The number of rotatable bonds is 4. The van der Waals surface area contributed by atoms with E-state index in [-0.39, 0.29) is 12.3 Å². The third kappa shape index (κ3) is 2.68. The molecule has 0 bridgehead atoms. The number of hydrogen-bond acceptors (Lipinski definition) is 4. The highest BCUT2D eigenvalue weighted by molar-refractivity contribution is 5.77. The van der Waals surface area contributed by atoms with E-state index in [1.54, 1.807) is 7.05 Å². The molecule has 5 nitrogen and oxygen atoms in total. The molecule has 0 fully saturated rings. The first-order chi connectivity index (χ1) is 7.78. The Balaban J connectivity index is 1.91. The van der Waals surface area contributed by atoms with Crippen LogP contribution in [0.2, 0.25) is 0 Å². The van der Waals surface area contributed by atoms with Gasteiger partial charge in [-0.05, 0) is 18.8 Å². The number of allylic oxidation sites excluding steroid dienone is 2. The molecule has 1 aliphatic rings. The van der Waals surface area contributed by atoms with Crippen LogP contribution in [-0.2, 0) is 17.6 Å². The molecule has 1 heterocycles. The van der Waals surface area contributed by atoms with E-state index in [1.807, 2.05) is 0 Å². The van der Waals surface area contributed by atoms with Crippen molar-refractivity contribution in [1.29, 1.82) is 0 Å². The Labute approximate surface area is 93.9 Å². The lowest BCUT2D eigenvalue weighted by Crippen LogP contribution is -2.20. The fourth-order valence-corrected chi connectivity index (χ4v) is 1.77. The third-order valence-electron chi connectivity index (χ3n) is 2.66. The van der Waals surface area contributed by atoms with E-state index in [0.29, 0.717) is 17.6 Å². The van der Waals surface area contributed by atoms with Gasteiger partial charge in [-0.25, -0.2) is 0 Å². The number of nitrogens with one attached hydrogen (secondary N) is 1. The van der Waals surface area contributed by atoms with Gasteiger partial charge >= 0.3 is 0 Å². The Hall–Kier alpha value is -1.65. The Bertz CT molecular complexity index is 398. The summed E-state index contributed by atoms with van der Waals surface area (Å²) >= 11 is 0. The molecule has 0 aromatic carbocycles. The maximum Gasteiger partial charge on any atom is 0.227 e. The number of hydrogen-bond donors (Lipinski definition) is 1. The first-order valence-electron chi connectivity index (χ1n) is 5.46. The quantitative estimate of drug-likeness (QED) is 0.766. The Morgan fingerprint density at radius 3 is 3.25 bits per heavy atom. The van der Waals surface area contributed by atoms with Crippen LogP contribution < -0.4 is 5.32 Å². The van der Waals surface area contributed by atoms with Crippen LogP contribution in [-0.4, -0.2) is 23.1 Å². The summed E-state index contributed by atoms with van der Waals surface area (Å²) in [5.74, 6) is 1.48. The summed E-state index contributed by atoms with van der Waals surface area (Å²) in [5, 5.41) is 6.30. The molecule has 1 unspecified atom stereocenters. The molecule has 1 aliphatic carbocycles. The molecule has 0 radical (unpaired) electrons. The molecule has 1 N–H and O–H groups in total. The molecular weight excluding hydrogens is 206 g/mol. The summed E-state index contributed by atoms with van der Waals surface area (Å²) in [6.07, 6.45) is 7.59. The molecular formula is C11H15N3O2. The van der Waals surface area contributed by atoms with Gasteiger partial charge in [-0.2, -0.15) is 4.98 Å². The first kappa shape index (κ1) is 10.9. The normalized spacial score (nSPS) is 18.9. The second kappa shape index (κ2) is 4.92. The molecule has 0 saturated heterocycles. The number of nitrogens with zero attached hydrogens (tertiary/aromatic N) is 2. The van der Waals surface area contributed by atoms with E-state index in [4.69, 9.17) is 4.52 Å². The van der Waals surface area contributed by atoms with Crippen LogP contribution in [0.3, 0.4) is 0 Å².